The minimum atomic E-state index is -0.390. The molecule has 1 amide bonds. The van der Waals surface area contributed by atoms with Crippen LogP contribution in [0.3, 0.4) is 0 Å². The van der Waals surface area contributed by atoms with Gasteiger partial charge in [0.05, 0.1) is 11.3 Å². The number of hydrogen-bond donors (Lipinski definition) is 0. The topological polar surface area (TPSA) is 59.0 Å². The van der Waals surface area contributed by atoms with E-state index in [1.165, 1.54) is 16.3 Å². The third-order valence-corrected chi connectivity index (χ3v) is 5.90. The Kier molecular flexibility index (Phi) is 5.66. The molecule has 0 fully saturated rings. The first-order valence-corrected chi connectivity index (χ1v) is 11.2. The summed E-state index contributed by atoms with van der Waals surface area (Å²) in [6.07, 6.45) is 1.81. The van der Waals surface area contributed by atoms with Crippen molar-refractivity contribution in [2.24, 2.45) is 5.10 Å². The van der Waals surface area contributed by atoms with Crippen LogP contribution < -0.4 is 9.75 Å². The molecule has 6 heteroatoms. The molecule has 160 valence electrons. The second kappa shape index (κ2) is 9.06. The Morgan fingerprint density at radius 3 is 2.21 bits per heavy atom. The summed E-state index contributed by atoms with van der Waals surface area (Å²) in [5, 5.41) is 7.89. The highest BCUT2D eigenvalue weighted by Crippen LogP contribution is 2.28. The third-order valence-electron chi connectivity index (χ3n) is 5.05. The molecule has 0 atom stereocenters. The standard InChI is InChI=1S/C27H18N2O3S/c30-26-23(18-19-13-15-22(16-14-19)32-27(31)24-12-7-17-33-24)25(20-8-3-1-4-9-20)28-29(26)21-10-5-2-6-11-21/h1-18H. The fourth-order valence-electron chi connectivity index (χ4n) is 3.45. The maximum absolute atomic E-state index is 13.3. The highest BCUT2D eigenvalue weighted by Gasteiger charge is 2.31. The second-order valence-corrected chi connectivity index (χ2v) is 8.21. The Morgan fingerprint density at radius 1 is 0.848 bits per heavy atom. The number of carbonyl (C=O) groups excluding carboxylic acids is 2. The average Bonchev–Trinajstić information content (AvgIpc) is 3.51. The summed E-state index contributed by atoms with van der Waals surface area (Å²) in [5.41, 5.74) is 3.46. The van der Waals surface area contributed by atoms with Crippen LogP contribution in [0, 0.1) is 0 Å². The molecule has 0 radical (unpaired) electrons. The maximum atomic E-state index is 13.3. The predicted octanol–water partition coefficient (Wildman–Crippen LogP) is 5.80. The van der Waals surface area contributed by atoms with E-state index in [4.69, 9.17) is 4.74 Å². The summed E-state index contributed by atoms with van der Waals surface area (Å²) in [6.45, 7) is 0. The number of rotatable bonds is 5. The lowest BCUT2D eigenvalue weighted by molar-refractivity contribution is -0.114. The first-order valence-electron chi connectivity index (χ1n) is 10.3. The molecule has 1 aromatic heterocycles. The van der Waals surface area contributed by atoms with E-state index in [0.717, 1.165) is 11.1 Å². The third kappa shape index (κ3) is 4.37. The number of esters is 1. The van der Waals surface area contributed by atoms with E-state index < -0.39 is 0 Å². The number of thiophene rings is 1. The van der Waals surface area contributed by atoms with Crippen LogP contribution in [0.5, 0.6) is 5.75 Å². The van der Waals surface area contributed by atoms with E-state index in [0.29, 0.717) is 27.6 Å². The van der Waals surface area contributed by atoms with Gasteiger partial charge in [0.1, 0.15) is 16.3 Å². The van der Waals surface area contributed by atoms with Gasteiger partial charge in [-0.15, -0.1) is 11.3 Å². The highest BCUT2D eigenvalue weighted by molar-refractivity contribution is 7.12. The van der Waals surface area contributed by atoms with Gasteiger partial charge in [0.25, 0.3) is 5.91 Å². The van der Waals surface area contributed by atoms with E-state index >= 15 is 0 Å². The smallest absolute Gasteiger partial charge is 0.353 e. The number of hydrogen-bond acceptors (Lipinski definition) is 5. The first kappa shape index (κ1) is 20.6. The molecular weight excluding hydrogens is 432 g/mol. The van der Waals surface area contributed by atoms with E-state index in [1.54, 1.807) is 24.3 Å². The van der Waals surface area contributed by atoms with E-state index in [2.05, 4.69) is 5.10 Å². The van der Waals surface area contributed by atoms with Gasteiger partial charge in [-0.25, -0.2) is 4.79 Å². The van der Waals surface area contributed by atoms with Crippen molar-refractivity contribution in [3.05, 3.63) is 124 Å². The summed E-state index contributed by atoms with van der Waals surface area (Å²) in [7, 11) is 0. The van der Waals surface area contributed by atoms with Crippen molar-refractivity contribution in [2.75, 3.05) is 5.01 Å². The number of anilines is 1. The fraction of sp³-hybridized carbons (Fsp3) is 0. The lowest BCUT2D eigenvalue weighted by Crippen LogP contribution is -2.21. The Bertz CT molecular complexity index is 1340. The predicted molar refractivity (Wildman–Crippen MR) is 131 cm³/mol. The Morgan fingerprint density at radius 2 is 1.55 bits per heavy atom. The zero-order valence-electron chi connectivity index (χ0n) is 17.4. The second-order valence-electron chi connectivity index (χ2n) is 7.26. The van der Waals surface area contributed by atoms with Crippen LogP contribution in [-0.2, 0) is 4.79 Å². The van der Waals surface area contributed by atoms with Crippen LogP contribution in [0.2, 0.25) is 0 Å². The molecule has 5 rings (SSSR count). The van der Waals surface area contributed by atoms with Gasteiger partial charge in [0, 0.05) is 5.56 Å². The van der Waals surface area contributed by atoms with Gasteiger partial charge in [0.2, 0.25) is 0 Å². The van der Waals surface area contributed by atoms with Crippen molar-refractivity contribution >= 4 is 40.7 Å². The molecule has 33 heavy (non-hydrogen) atoms. The van der Waals surface area contributed by atoms with Crippen molar-refractivity contribution in [2.45, 2.75) is 0 Å². The molecule has 0 bridgehead atoms. The lowest BCUT2D eigenvalue weighted by Gasteiger charge is -2.10. The molecule has 0 spiro atoms. The SMILES string of the molecule is O=C(Oc1ccc(C=C2C(=O)N(c3ccccc3)N=C2c2ccccc2)cc1)c1cccs1. The minimum absolute atomic E-state index is 0.201. The molecule has 2 heterocycles. The number of carbonyl (C=O) groups is 2. The number of nitrogens with zero attached hydrogens (tertiary/aromatic N) is 2. The minimum Gasteiger partial charge on any atom is -0.422 e. The average molecular weight is 451 g/mol. The van der Waals surface area contributed by atoms with Gasteiger partial charge in [-0.1, -0.05) is 66.7 Å². The quantitative estimate of drug-likeness (QED) is 0.219. The monoisotopic (exact) mass is 450 g/mol. The summed E-state index contributed by atoms with van der Waals surface area (Å²) in [5.74, 6) is -0.150. The molecule has 0 saturated heterocycles. The van der Waals surface area contributed by atoms with E-state index in [-0.39, 0.29) is 11.9 Å². The summed E-state index contributed by atoms with van der Waals surface area (Å²) in [6, 6.07) is 29.6. The molecule has 0 aliphatic carbocycles. The molecule has 1 aliphatic heterocycles. The molecule has 4 aromatic rings. The molecule has 3 aromatic carbocycles. The number of amides is 1. The van der Waals surface area contributed by atoms with Crippen LogP contribution in [0.15, 0.2) is 113 Å². The van der Waals surface area contributed by atoms with E-state index in [1.807, 2.05) is 84.3 Å². The largest absolute Gasteiger partial charge is 0.422 e. The Labute approximate surface area is 194 Å². The van der Waals surface area contributed by atoms with Crippen LogP contribution in [0.1, 0.15) is 20.8 Å². The summed E-state index contributed by atoms with van der Waals surface area (Å²) >= 11 is 1.33. The Hall–Kier alpha value is -4.29. The maximum Gasteiger partial charge on any atom is 0.353 e. The Balaban J connectivity index is 1.45. The normalized spacial score (nSPS) is 14.4. The van der Waals surface area contributed by atoms with Crippen molar-refractivity contribution < 1.29 is 14.3 Å². The molecule has 0 saturated carbocycles. The van der Waals surface area contributed by atoms with Gasteiger partial charge in [-0.3, -0.25) is 4.79 Å². The van der Waals surface area contributed by atoms with Crippen molar-refractivity contribution in [3.8, 4) is 5.75 Å². The van der Waals surface area contributed by atoms with Crippen molar-refractivity contribution in [3.63, 3.8) is 0 Å². The lowest BCUT2D eigenvalue weighted by atomic mass is 10.0. The summed E-state index contributed by atoms with van der Waals surface area (Å²) < 4.78 is 5.42. The summed E-state index contributed by atoms with van der Waals surface area (Å²) in [4.78, 5) is 26.0. The number of hydrazone groups is 1. The molecule has 0 unspecified atom stereocenters. The van der Waals surface area contributed by atoms with Gasteiger partial charge in [-0.2, -0.15) is 10.1 Å². The highest BCUT2D eigenvalue weighted by atomic mass is 32.1. The van der Waals surface area contributed by atoms with Gasteiger partial charge < -0.3 is 4.74 Å². The van der Waals surface area contributed by atoms with Crippen molar-refractivity contribution in [1.29, 1.82) is 0 Å². The van der Waals surface area contributed by atoms with Crippen LogP contribution in [0.25, 0.3) is 6.08 Å². The number of ether oxygens (including phenoxy) is 1. The number of para-hydroxylation sites is 1. The van der Waals surface area contributed by atoms with Crippen LogP contribution in [-0.4, -0.2) is 17.6 Å². The molecule has 0 N–H and O–H groups in total. The van der Waals surface area contributed by atoms with Gasteiger partial charge >= 0.3 is 5.97 Å². The van der Waals surface area contributed by atoms with Gasteiger partial charge in [-0.05, 0) is 47.4 Å². The molecule has 1 aliphatic rings. The van der Waals surface area contributed by atoms with E-state index in [9.17, 15) is 9.59 Å². The fourth-order valence-corrected chi connectivity index (χ4v) is 4.05. The number of benzene rings is 3. The molecule has 5 nitrogen and oxygen atoms in total. The zero-order valence-corrected chi connectivity index (χ0v) is 18.2. The zero-order chi connectivity index (χ0) is 22.6. The van der Waals surface area contributed by atoms with Gasteiger partial charge in [0.15, 0.2) is 0 Å². The van der Waals surface area contributed by atoms with Crippen molar-refractivity contribution in [1.82, 2.24) is 0 Å². The van der Waals surface area contributed by atoms with Crippen LogP contribution in [0.4, 0.5) is 5.69 Å². The van der Waals surface area contributed by atoms with Crippen LogP contribution >= 0.6 is 11.3 Å². The molecular formula is C27H18N2O3S. The first-order chi connectivity index (χ1) is 16.2.